The van der Waals surface area contributed by atoms with Crippen LogP contribution in [-0.2, 0) is 4.75 Å². The van der Waals surface area contributed by atoms with E-state index in [2.05, 4.69) is 0 Å². The first-order chi connectivity index (χ1) is 12.6. The highest BCUT2D eigenvalue weighted by atomic mass is 35.5. The topological polar surface area (TPSA) is 37.3 Å². The summed E-state index contributed by atoms with van der Waals surface area (Å²) in [6.45, 7) is -0.0556. The van der Waals surface area contributed by atoms with Crippen LogP contribution in [0.15, 0.2) is 78.9 Å². The number of aliphatic hydroxyl groups excluding tert-OH is 1. The molecule has 0 amide bonds. The summed E-state index contributed by atoms with van der Waals surface area (Å²) in [5, 5.41) is 10.2. The molecule has 132 valence electrons. The Morgan fingerprint density at radius 2 is 1.58 bits per heavy atom. The van der Waals surface area contributed by atoms with Gasteiger partial charge in [-0.2, -0.15) is 12.6 Å². The second-order valence-corrected chi connectivity index (χ2v) is 7.28. The highest BCUT2D eigenvalue weighted by molar-refractivity contribution is 7.81. The minimum absolute atomic E-state index is 0.0556. The van der Waals surface area contributed by atoms with Crippen LogP contribution in [0.1, 0.15) is 33.5 Å². The molecule has 0 aliphatic carbocycles. The van der Waals surface area contributed by atoms with Gasteiger partial charge in [0.2, 0.25) is 0 Å². The number of hydrogen-bond donors (Lipinski definition) is 2. The lowest BCUT2D eigenvalue weighted by molar-refractivity contribution is 0.103. The van der Waals surface area contributed by atoms with E-state index >= 15 is 0 Å². The van der Waals surface area contributed by atoms with Crippen molar-refractivity contribution >= 4 is 30.0 Å². The fourth-order valence-electron chi connectivity index (χ4n) is 3.12. The van der Waals surface area contributed by atoms with Crippen LogP contribution >= 0.6 is 24.2 Å². The van der Waals surface area contributed by atoms with Crippen LogP contribution in [-0.4, -0.2) is 17.5 Å². The van der Waals surface area contributed by atoms with Crippen molar-refractivity contribution in [2.75, 3.05) is 6.61 Å². The molecular weight excluding hydrogens is 364 g/mol. The van der Waals surface area contributed by atoms with E-state index in [1.54, 1.807) is 24.3 Å². The zero-order valence-electron chi connectivity index (χ0n) is 14.1. The fraction of sp³-hybridized carbons (Fsp3) is 0.136. The molecule has 0 radical (unpaired) electrons. The summed E-state index contributed by atoms with van der Waals surface area (Å²) in [7, 11) is 0. The minimum Gasteiger partial charge on any atom is -0.396 e. The van der Waals surface area contributed by atoms with Gasteiger partial charge in [0, 0.05) is 22.8 Å². The van der Waals surface area contributed by atoms with Crippen LogP contribution in [0.2, 0.25) is 5.02 Å². The molecule has 0 saturated heterocycles. The van der Waals surface area contributed by atoms with E-state index in [-0.39, 0.29) is 12.4 Å². The summed E-state index contributed by atoms with van der Waals surface area (Å²) >= 11 is 11.1. The maximum Gasteiger partial charge on any atom is 0.193 e. The minimum atomic E-state index is -0.805. The number of thiol groups is 1. The van der Waals surface area contributed by atoms with Crippen molar-refractivity contribution in [2.24, 2.45) is 0 Å². The van der Waals surface area contributed by atoms with Crippen LogP contribution in [0.25, 0.3) is 0 Å². The lowest BCUT2D eigenvalue weighted by Crippen LogP contribution is -2.25. The summed E-state index contributed by atoms with van der Waals surface area (Å²) in [6.07, 6.45) is 0.372. The molecule has 0 aliphatic heterocycles. The molecule has 1 atom stereocenters. The van der Waals surface area contributed by atoms with E-state index in [0.717, 1.165) is 11.1 Å². The Morgan fingerprint density at radius 3 is 2.19 bits per heavy atom. The predicted octanol–water partition coefficient (Wildman–Crippen LogP) is 5.13. The molecule has 3 aromatic rings. The first-order valence-corrected chi connectivity index (χ1v) is 9.17. The van der Waals surface area contributed by atoms with Gasteiger partial charge in [-0.15, -0.1) is 0 Å². The normalized spacial score (nSPS) is 13.2. The molecule has 0 spiro atoms. The average Bonchev–Trinajstić information content (AvgIpc) is 2.68. The summed E-state index contributed by atoms with van der Waals surface area (Å²) in [5.74, 6) is -0.115. The van der Waals surface area contributed by atoms with Crippen molar-refractivity contribution in [3.8, 4) is 0 Å². The highest BCUT2D eigenvalue weighted by Crippen LogP contribution is 2.42. The lowest BCUT2D eigenvalue weighted by Gasteiger charge is -2.31. The summed E-state index contributed by atoms with van der Waals surface area (Å²) < 4.78 is -0.805. The quantitative estimate of drug-likeness (QED) is 0.458. The number of ketones is 1. The van der Waals surface area contributed by atoms with Gasteiger partial charge in [0.05, 0.1) is 4.75 Å². The molecule has 1 unspecified atom stereocenters. The summed E-state index contributed by atoms with van der Waals surface area (Å²) in [5.41, 5.74) is 2.74. The van der Waals surface area contributed by atoms with Gasteiger partial charge in [-0.3, -0.25) is 4.79 Å². The third-order valence-corrected chi connectivity index (χ3v) is 5.39. The monoisotopic (exact) mass is 382 g/mol. The Kier molecular flexibility index (Phi) is 5.82. The molecule has 0 aromatic heterocycles. The molecule has 0 bridgehead atoms. The van der Waals surface area contributed by atoms with E-state index in [9.17, 15) is 9.90 Å². The van der Waals surface area contributed by atoms with E-state index in [0.29, 0.717) is 22.6 Å². The molecule has 0 heterocycles. The number of carbonyl (C=O) groups excluding carboxylic acids is 1. The molecule has 3 aromatic carbocycles. The third kappa shape index (κ3) is 3.70. The van der Waals surface area contributed by atoms with Crippen LogP contribution in [0.3, 0.4) is 0 Å². The Hall–Kier alpha value is -2.07. The van der Waals surface area contributed by atoms with E-state index in [1.807, 2.05) is 54.6 Å². The van der Waals surface area contributed by atoms with E-state index < -0.39 is 4.75 Å². The number of aliphatic hydroxyl groups is 1. The first-order valence-electron chi connectivity index (χ1n) is 8.35. The number of halogens is 1. The molecule has 26 heavy (non-hydrogen) atoms. The van der Waals surface area contributed by atoms with Crippen molar-refractivity contribution < 1.29 is 9.90 Å². The second kappa shape index (κ2) is 8.09. The molecule has 4 heteroatoms. The zero-order valence-corrected chi connectivity index (χ0v) is 15.8. The molecule has 3 rings (SSSR count). The molecule has 2 nitrogen and oxygen atoms in total. The fourth-order valence-corrected chi connectivity index (χ4v) is 3.74. The molecular formula is C22H19ClO2S. The van der Waals surface area contributed by atoms with Gasteiger partial charge >= 0.3 is 0 Å². The van der Waals surface area contributed by atoms with Crippen LogP contribution < -0.4 is 0 Å². The molecule has 0 fully saturated rings. The van der Waals surface area contributed by atoms with Crippen molar-refractivity contribution in [3.63, 3.8) is 0 Å². The van der Waals surface area contributed by atoms with Gasteiger partial charge in [0.15, 0.2) is 5.78 Å². The first kappa shape index (κ1) is 18.7. The Labute approximate surface area is 163 Å². The second-order valence-electron chi connectivity index (χ2n) is 6.08. The molecule has 1 N–H and O–H groups in total. The van der Waals surface area contributed by atoms with Crippen molar-refractivity contribution in [1.82, 2.24) is 0 Å². The number of benzene rings is 3. The number of carbonyl (C=O) groups is 1. The zero-order chi connectivity index (χ0) is 18.6. The van der Waals surface area contributed by atoms with Gasteiger partial charge in [0.1, 0.15) is 0 Å². The van der Waals surface area contributed by atoms with Crippen LogP contribution in [0, 0.1) is 0 Å². The van der Waals surface area contributed by atoms with Gasteiger partial charge in [-0.05, 0) is 29.7 Å². The molecule has 0 saturated carbocycles. The Morgan fingerprint density at radius 1 is 0.962 bits per heavy atom. The Bertz CT molecular complexity index is 897. The van der Waals surface area contributed by atoms with E-state index in [4.69, 9.17) is 24.2 Å². The summed E-state index contributed by atoms with van der Waals surface area (Å²) in [6, 6.07) is 24.0. The maximum absolute atomic E-state index is 13.1. The number of hydrogen-bond acceptors (Lipinski definition) is 3. The summed E-state index contributed by atoms with van der Waals surface area (Å²) in [4.78, 5) is 13.1. The number of rotatable bonds is 6. The van der Waals surface area contributed by atoms with Crippen molar-refractivity contribution in [2.45, 2.75) is 11.2 Å². The van der Waals surface area contributed by atoms with Gasteiger partial charge < -0.3 is 5.11 Å². The third-order valence-electron chi connectivity index (χ3n) is 4.43. The standard InChI is InChI=1S/C22H19ClO2S/c23-18-11-12-20(19(15-18)21(25)16-7-3-1-4-8-16)22(26,13-14-24)17-9-5-2-6-10-17/h1-12,15,24,26H,13-14H2. The largest absolute Gasteiger partial charge is 0.396 e. The van der Waals surface area contributed by atoms with Gasteiger partial charge in [-0.1, -0.05) is 78.3 Å². The Balaban J connectivity index is 2.19. The van der Waals surface area contributed by atoms with Crippen LogP contribution in [0.5, 0.6) is 0 Å². The lowest BCUT2D eigenvalue weighted by atomic mass is 9.83. The van der Waals surface area contributed by atoms with Gasteiger partial charge in [-0.25, -0.2) is 0 Å². The van der Waals surface area contributed by atoms with Crippen molar-refractivity contribution in [3.05, 3.63) is 106 Å². The van der Waals surface area contributed by atoms with Gasteiger partial charge in [0.25, 0.3) is 0 Å². The predicted molar refractivity (Wildman–Crippen MR) is 109 cm³/mol. The molecule has 0 aliphatic rings. The van der Waals surface area contributed by atoms with E-state index in [1.165, 1.54) is 0 Å². The average molecular weight is 383 g/mol. The SMILES string of the molecule is O=C(c1ccccc1)c1cc(Cl)ccc1C(S)(CCO)c1ccccc1. The smallest absolute Gasteiger partial charge is 0.193 e. The van der Waals surface area contributed by atoms with Crippen molar-refractivity contribution in [1.29, 1.82) is 0 Å². The highest BCUT2D eigenvalue weighted by Gasteiger charge is 2.33. The maximum atomic E-state index is 13.1. The van der Waals surface area contributed by atoms with Crippen LogP contribution in [0.4, 0.5) is 0 Å².